The van der Waals surface area contributed by atoms with E-state index in [1.807, 2.05) is 0 Å². The Kier molecular flexibility index (Phi) is 7.23. The van der Waals surface area contributed by atoms with Crippen molar-refractivity contribution >= 4 is 45.8 Å². The van der Waals surface area contributed by atoms with Crippen LogP contribution in [0.3, 0.4) is 0 Å². The highest BCUT2D eigenvalue weighted by Crippen LogP contribution is 2.36. The van der Waals surface area contributed by atoms with Gasteiger partial charge in [0.1, 0.15) is 5.04 Å². The molecule has 3 aromatic rings. The maximum Gasteiger partial charge on any atom is 0.416 e. The van der Waals surface area contributed by atoms with Gasteiger partial charge in [0.2, 0.25) is 0 Å². The van der Waals surface area contributed by atoms with Crippen LogP contribution in [0.1, 0.15) is 36.1 Å². The maximum atomic E-state index is 13.9. The summed E-state index contributed by atoms with van der Waals surface area (Å²) in [5.41, 5.74) is -0.804. The lowest BCUT2D eigenvalue weighted by atomic mass is 9.93. The van der Waals surface area contributed by atoms with E-state index in [0.717, 1.165) is 17.8 Å². The van der Waals surface area contributed by atoms with E-state index in [1.165, 1.54) is 35.6 Å². The molecule has 5 rings (SSSR count). The molecule has 1 fully saturated rings. The summed E-state index contributed by atoms with van der Waals surface area (Å²) in [5, 5.41) is 28.2. The Balaban J connectivity index is 1.38. The SMILES string of the molecule is CC(C)(O)c1ccc(Cn2ncc3cc(C=C4SC(C5CNCCN5C(=O)O)=NC4=O)ccc32)c(C(F)(F)F)c1. The molecule has 210 valence electrons. The first-order valence-corrected chi connectivity index (χ1v) is 13.2. The zero-order valence-corrected chi connectivity index (χ0v) is 22.4. The molecule has 2 aromatic carbocycles. The number of carbonyl (C=O) groups excluding carboxylic acids is 1. The second-order valence-corrected chi connectivity index (χ2v) is 11.2. The number of thioether (sulfide) groups is 1. The number of rotatable bonds is 5. The number of piperazine rings is 1. The summed E-state index contributed by atoms with van der Waals surface area (Å²) in [7, 11) is 0. The van der Waals surface area contributed by atoms with Crippen molar-refractivity contribution < 1.29 is 33.0 Å². The monoisotopic (exact) mass is 573 g/mol. The molecule has 0 bridgehead atoms. The summed E-state index contributed by atoms with van der Waals surface area (Å²) in [6.45, 7) is 3.90. The molecule has 40 heavy (non-hydrogen) atoms. The molecule has 0 aliphatic carbocycles. The number of nitrogens with zero attached hydrogens (tertiary/aromatic N) is 4. The number of aliphatic imine (C=N–C) groups is 1. The number of benzene rings is 2. The Morgan fingerprint density at radius 3 is 2.70 bits per heavy atom. The van der Waals surface area contributed by atoms with E-state index < -0.39 is 35.4 Å². The minimum Gasteiger partial charge on any atom is -0.465 e. The van der Waals surface area contributed by atoms with Crippen molar-refractivity contribution in [2.75, 3.05) is 19.6 Å². The minimum atomic E-state index is -4.61. The molecule has 2 aliphatic rings. The van der Waals surface area contributed by atoms with Crippen molar-refractivity contribution in [3.8, 4) is 0 Å². The van der Waals surface area contributed by atoms with Gasteiger partial charge in [0.05, 0.1) is 40.4 Å². The van der Waals surface area contributed by atoms with Gasteiger partial charge in [-0.1, -0.05) is 30.0 Å². The van der Waals surface area contributed by atoms with E-state index in [-0.39, 0.29) is 17.7 Å². The topological polar surface area (TPSA) is 120 Å². The van der Waals surface area contributed by atoms with Gasteiger partial charge in [-0.05, 0) is 54.8 Å². The molecule has 0 saturated carbocycles. The van der Waals surface area contributed by atoms with Gasteiger partial charge >= 0.3 is 12.3 Å². The van der Waals surface area contributed by atoms with Crippen LogP contribution in [0.25, 0.3) is 17.0 Å². The minimum absolute atomic E-state index is 0.0157. The van der Waals surface area contributed by atoms with Crippen molar-refractivity contribution in [3.05, 3.63) is 69.8 Å². The van der Waals surface area contributed by atoms with Gasteiger partial charge in [-0.15, -0.1) is 0 Å². The smallest absolute Gasteiger partial charge is 0.416 e. The standard InChI is InChI=1S/C27H26F3N5O4S/c1-26(2,39)18-5-4-16(19(11-18)27(28,29)30)14-35-20-6-3-15(9-17(20)12-32-35)10-22-23(36)33-24(40-22)21-13-31-7-8-34(21)25(37)38/h3-6,9-12,21,31,39H,7-8,13-14H2,1-2H3,(H,37,38). The fourth-order valence-corrected chi connectivity index (χ4v) is 5.74. The number of hydrogen-bond acceptors (Lipinski definition) is 6. The summed E-state index contributed by atoms with van der Waals surface area (Å²) in [4.78, 5) is 29.9. The predicted octanol–water partition coefficient (Wildman–Crippen LogP) is 4.30. The Bertz CT molecular complexity index is 1560. The Hall–Kier alpha value is -3.68. The van der Waals surface area contributed by atoms with Crippen LogP contribution in [-0.4, -0.2) is 67.6 Å². The highest BCUT2D eigenvalue weighted by atomic mass is 32.2. The van der Waals surface area contributed by atoms with E-state index in [2.05, 4.69) is 15.4 Å². The molecule has 13 heteroatoms. The number of alkyl halides is 3. The molecular weight excluding hydrogens is 547 g/mol. The van der Waals surface area contributed by atoms with Crippen LogP contribution < -0.4 is 5.32 Å². The van der Waals surface area contributed by atoms with Gasteiger partial charge in [0.25, 0.3) is 5.91 Å². The zero-order valence-electron chi connectivity index (χ0n) is 21.6. The summed E-state index contributed by atoms with van der Waals surface area (Å²) >= 11 is 1.13. The van der Waals surface area contributed by atoms with Crippen LogP contribution in [0.4, 0.5) is 18.0 Å². The molecule has 0 spiro atoms. The predicted molar refractivity (Wildman–Crippen MR) is 145 cm³/mol. The van der Waals surface area contributed by atoms with E-state index in [4.69, 9.17) is 0 Å². The lowest BCUT2D eigenvalue weighted by Crippen LogP contribution is -2.55. The van der Waals surface area contributed by atoms with Crippen molar-refractivity contribution in [1.82, 2.24) is 20.0 Å². The molecule has 0 radical (unpaired) electrons. The second-order valence-electron chi connectivity index (χ2n) is 10.1. The third-order valence-corrected chi connectivity index (χ3v) is 7.90. The van der Waals surface area contributed by atoms with Crippen molar-refractivity contribution in [2.24, 2.45) is 4.99 Å². The number of amides is 2. The quantitative estimate of drug-likeness (QED) is 0.390. The normalized spacial score (nSPS) is 19.5. The summed E-state index contributed by atoms with van der Waals surface area (Å²) in [5.74, 6) is -0.458. The van der Waals surface area contributed by atoms with Gasteiger partial charge in [-0.3, -0.25) is 14.4 Å². The third-order valence-electron chi connectivity index (χ3n) is 6.82. The number of hydrogen-bond donors (Lipinski definition) is 3. The Labute approximate surface area is 231 Å². The lowest BCUT2D eigenvalue weighted by molar-refractivity contribution is -0.138. The number of aliphatic hydroxyl groups is 1. The molecule has 2 aliphatic heterocycles. The lowest BCUT2D eigenvalue weighted by Gasteiger charge is -2.33. The number of aromatic nitrogens is 2. The van der Waals surface area contributed by atoms with Crippen LogP contribution in [0.2, 0.25) is 0 Å². The summed E-state index contributed by atoms with van der Waals surface area (Å²) in [6, 6.07) is 8.47. The Morgan fingerprint density at radius 1 is 1.23 bits per heavy atom. The molecule has 1 aromatic heterocycles. The van der Waals surface area contributed by atoms with Crippen LogP contribution in [-0.2, 0) is 23.1 Å². The molecule has 3 N–H and O–H groups in total. The van der Waals surface area contributed by atoms with Gasteiger partial charge in [-0.25, -0.2) is 9.79 Å². The molecule has 1 saturated heterocycles. The first-order chi connectivity index (χ1) is 18.8. The van der Waals surface area contributed by atoms with E-state index in [9.17, 15) is 33.0 Å². The summed E-state index contributed by atoms with van der Waals surface area (Å²) < 4.78 is 43.0. The maximum absolute atomic E-state index is 13.9. The molecular formula is C27H26F3N5O4S. The fourth-order valence-electron chi connectivity index (χ4n) is 4.71. The zero-order chi connectivity index (χ0) is 28.8. The van der Waals surface area contributed by atoms with Gasteiger partial charge in [-0.2, -0.15) is 18.3 Å². The van der Waals surface area contributed by atoms with Crippen LogP contribution in [0.15, 0.2) is 52.5 Å². The number of carbonyl (C=O) groups is 2. The number of nitrogens with one attached hydrogen (secondary N) is 1. The van der Waals surface area contributed by atoms with Crippen LogP contribution in [0, 0.1) is 0 Å². The first-order valence-electron chi connectivity index (χ1n) is 12.4. The van der Waals surface area contributed by atoms with Crippen molar-refractivity contribution in [1.29, 1.82) is 0 Å². The number of halogens is 3. The van der Waals surface area contributed by atoms with Crippen molar-refractivity contribution in [2.45, 2.75) is 38.2 Å². The fraction of sp³-hybridized carbons (Fsp3) is 0.333. The molecule has 1 atom stereocenters. The highest BCUT2D eigenvalue weighted by Gasteiger charge is 2.36. The first kappa shape index (κ1) is 27.9. The van der Waals surface area contributed by atoms with Gasteiger partial charge in [0, 0.05) is 25.0 Å². The van der Waals surface area contributed by atoms with E-state index >= 15 is 0 Å². The largest absolute Gasteiger partial charge is 0.465 e. The molecule has 9 nitrogen and oxygen atoms in total. The van der Waals surface area contributed by atoms with Crippen LogP contribution in [0.5, 0.6) is 0 Å². The van der Waals surface area contributed by atoms with Crippen molar-refractivity contribution in [3.63, 3.8) is 0 Å². The molecule has 1 unspecified atom stereocenters. The average Bonchev–Trinajstić information content (AvgIpc) is 3.45. The van der Waals surface area contributed by atoms with E-state index in [1.54, 1.807) is 30.5 Å². The number of fused-ring (bicyclic) bond motifs is 1. The second kappa shape index (κ2) is 10.4. The average molecular weight is 574 g/mol. The van der Waals surface area contributed by atoms with E-state index in [0.29, 0.717) is 46.0 Å². The molecule has 3 heterocycles. The highest BCUT2D eigenvalue weighted by molar-refractivity contribution is 8.18. The summed E-state index contributed by atoms with van der Waals surface area (Å²) in [6.07, 6.45) is -2.49. The third kappa shape index (κ3) is 5.62. The van der Waals surface area contributed by atoms with Gasteiger partial charge < -0.3 is 15.5 Å². The number of carboxylic acid groups (broad SMARTS) is 1. The van der Waals surface area contributed by atoms with Gasteiger partial charge in [0.15, 0.2) is 0 Å². The Morgan fingerprint density at radius 2 is 2.00 bits per heavy atom. The molecule has 2 amide bonds. The van der Waals surface area contributed by atoms with Crippen LogP contribution >= 0.6 is 11.8 Å².